The Hall–Kier alpha value is -4.55. The van der Waals surface area contributed by atoms with Gasteiger partial charge in [-0.05, 0) is 30.3 Å². The molecule has 35 heavy (non-hydrogen) atoms. The maximum absolute atomic E-state index is 14.9. The lowest BCUT2D eigenvalue weighted by molar-refractivity contribution is -0.137. The minimum atomic E-state index is -4.60. The molecule has 0 radical (unpaired) electrons. The van der Waals surface area contributed by atoms with Gasteiger partial charge in [0, 0.05) is 30.6 Å². The second-order valence-electron chi connectivity index (χ2n) is 7.15. The van der Waals surface area contributed by atoms with Gasteiger partial charge in [-0.1, -0.05) is 6.07 Å². The van der Waals surface area contributed by atoms with Gasteiger partial charge >= 0.3 is 12.2 Å². The maximum Gasteiger partial charge on any atom is 0.416 e. The number of carbonyl (C=O) groups excluding carboxylic acids is 1. The molecule has 8 nitrogen and oxygen atoms in total. The molecule has 4 rings (SSSR count). The minimum Gasteiger partial charge on any atom is -0.436 e. The van der Waals surface area contributed by atoms with E-state index in [9.17, 15) is 26.7 Å². The summed E-state index contributed by atoms with van der Waals surface area (Å²) in [4.78, 5) is 19.8. The molecule has 0 atom stereocenters. The van der Waals surface area contributed by atoms with Crippen LogP contribution in [0.4, 0.5) is 38.1 Å². The maximum atomic E-state index is 14.9. The second kappa shape index (κ2) is 9.37. The van der Waals surface area contributed by atoms with Crippen LogP contribution < -0.4 is 15.4 Å². The molecule has 2 aromatic carbocycles. The average Bonchev–Trinajstić information content (AvgIpc) is 3.23. The highest BCUT2D eigenvalue weighted by Gasteiger charge is 2.30. The zero-order valence-corrected chi connectivity index (χ0v) is 17.8. The second-order valence-corrected chi connectivity index (χ2v) is 7.15. The number of benzene rings is 2. The van der Waals surface area contributed by atoms with E-state index in [-0.39, 0.29) is 22.8 Å². The van der Waals surface area contributed by atoms with E-state index in [1.807, 2.05) is 0 Å². The first-order valence-corrected chi connectivity index (χ1v) is 9.82. The molecule has 4 aromatic rings. The van der Waals surface area contributed by atoms with Crippen LogP contribution in [-0.2, 0) is 13.2 Å². The van der Waals surface area contributed by atoms with Crippen molar-refractivity contribution >= 4 is 17.4 Å². The Labute approximate surface area is 194 Å². The fourth-order valence-electron chi connectivity index (χ4n) is 3.00. The van der Waals surface area contributed by atoms with Gasteiger partial charge in [0.15, 0.2) is 0 Å². The summed E-state index contributed by atoms with van der Waals surface area (Å²) in [6.45, 7) is 0. The number of anilines is 2. The van der Waals surface area contributed by atoms with Gasteiger partial charge in [-0.25, -0.2) is 14.2 Å². The Bertz CT molecular complexity index is 1390. The topological polar surface area (TPSA) is 94.0 Å². The fourth-order valence-corrected chi connectivity index (χ4v) is 3.00. The summed E-state index contributed by atoms with van der Waals surface area (Å²) in [7, 11) is 1.65. The first-order valence-electron chi connectivity index (χ1n) is 9.82. The molecule has 0 aliphatic carbocycles. The Morgan fingerprint density at radius 1 is 1.06 bits per heavy atom. The van der Waals surface area contributed by atoms with Crippen molar-refractivity contribution in [1.29, 1.82) is 0 Å². The smallest absolute Gasteiger partial charge is 0.416 e. The van der Waals surface area contributed by atoms with E-state index in [1.54, 1.807) is 7.05 Å². The SMILES string of the molecule is Cn1cc(-c2ncnc(Oc3ccc(F)c(NC(=O)Nc4cccc(C(F)(F)F)c4)c3)c2F)cn1. The van der Waals surface area contributed by atoms with Gasteiger partial charge in [-0.2, -0.15) is 27.6 Å². The van der Waals surface area contributed by atoms with E-state index in [2.05, 4.69) is 25.7 Å². The number of nitrogens with zero attached hydrogens (tertiary/aromatic N) is 4. The number of ether oxygens (including phenoxy) is 1. The average molecular weight is 490 g/mol. The molecule has 0 saturated heterocycles. The molecule has 2 aromatic heterocycles. The van der Waals surface area contributed by atoms with Gasteiger partial charge in [-0.15, -0.1) is 0 Å². The summed E-state index contributed by atoms with van der Waals surface area (Å²) in [5.74, 6) is -2.28. The van der Waals surface area contributed by atoms with Crippen LogP contribution in [0.1, 0.15) is 5.56 Å². The van der Waals surface area contributed by atoms with Crippen LogP contribution in [0.5, 0.6) is 11.6 Å². The summed E-state index contributed by atoms with van der Waals surface area (Å²) in [5, 5.41) is 8.31. The molecule has 0 fully saturated rings. The number of halogens is 5. The van der Waals surface area contributed by atoms with Gasteiger partial charge in [0.25, 0.3) is 5.88 Å². The van der Waals surface area contributed by atoms with Gasteiger partial charge in [0.1, 0.15) is 23.6 Å². The Morgan fingerprint density at radius 2 is 1.86 bits per heavy atom. The summed E-state index contributed by atoms with van der Waals surface area (Å²) >= 11 is 0. The molecule has 0 unspecified atom stereocenters. The van der Waals surface area contributed by atoms with Crippen molar-refractivity contribution in [3.63, 3.8) is 0 Å². The number of hydrogen-bond donors (Lipinski definition) is 2. The molecular weight excluding hydrogens is 475 g/mol. The third kappa shape index (κ3) is 5.51. The Morgan fingerprint density at radius 3 is 2.57 bits per heavy atom. The van der Waals surface area contributed by atoms with Gasteiger partial charge in [0.05, 0.1) is 17.4 Å². The van der Waals surface area contributed by atoms with Gasteiger partial charge in [-0.3, -0.25) is 4.68 Å². The Kier molecular flexibility index (Phi) is 6.32. The van der Waals surface area contributed by atoms with Crippen molar-refractivity contribution in [3.05, 3.63) is 78.4 Å². The van der Waals surface area contributed by atoms with Crippen LogP contribution in [0.25, 0.3) is 11.3 Å². The molecule has 2 amide bonds. The summed E-state index contributed by atoms with van der Waals surface area (Å²) in [5.41, 5.74) is -1.17. The van der Waals surface area contributed by atoms with Crippen LogP contribution in [0.15, 0.2) is 61.2 Å². The quantitative estimate of drug-likeness (QED) is 0.355. The molecule has 0 spiro atoms. The first-order chi connectivity index (χ1) is 16.6. The molecule has 0 aliphatic heterocycles. The number of hydrogen-bond acceptors (Lipinski definition) is 5. The number of nitrogens with one attached hydrogen (secondary N) is 2. The highest BCUT2D eigenvalue weighted by atomic mass is 19.4. The van der Waals surface area contributed by atoms with Crippen molar-refractivity contribution in [1.82, 2.24) is 19.7 Å². The number of aromatic nitrogens is 4. The highest BCUT2D eigenvalue weighted by molar-refractivity contribution is 6.00. The lowest BCUT2D eigenvalue weighted by Gasteiger charge is -2.12. The molecule has 0 bridgehead atoms. The first kappa shape index (κ1) is 23.6. The van der Waals surface area contributed by atoms with Gasteiger partial charge < -0.3 is 15.4 Å². The van der Waals surface area contributed by atoms with Crippen molar-refractivity contribution in [2.45, 2.75) is 6.18 Å². The normalized spacial score (nSPS) is 11.3. The molecule has 0 aliphatic rings. The van der Waals surface area contributed by atoms with E-state index >= 15 is 0 Å². The number of alkyl halides is 3. The van der Waals surface area contributed by atoms with E-state index in [0.717, 1.165) is 36.7 Å². The summed E-state index contributed by atoms with van der Waals surface area (Å²) in [6.07, 6.45) is -0.582. The Balaban J connectivity index is 1.50. The van der Waals surface area contributed by atoms with Crippen LogP contribution in [-0.4, -0.2) is 25.8 Å². The molecule has 2 N–H and O–H groups in total. The van der Waals surface area contributed by atoms with Crippen molar-refractivity contribution in [3.8, 4) is 22.9 Å². The third-order valence-electron chi connectivity index (χ3n) is 4.58. The lowest BCUT2D eigenvalue weighted by atomic mass is 10.2. The third-order valence-corrected chi connectivity index (χ3v) is 4.58. The minimum absolute atomic E-state index is 0.0657. The largest absolute Gasteiger partial charge is 0.436 e. The number of urea groups is 1. The van der Waals surface area contributed by atoms with E-state index < -0.39 is 35.3 Å². The van der Waals surface area contributed by atoms with Gasteiger partial charge in [0.2, 0.25) is 5.82 Å². The number of carbonyl (C=O) groups is 1. The molecule has 0 saturated carbocycles. The number of amides is 2. The zero-order valence-electron chi connectivity index (χ0n) is 17.8. The van der Waals surface area contributed by atoms with Crippen molar-refractivity contribution in [2.75, 3.05) is 10.6 Å². The van der Waals surface area contributed by atoms with Crippen molar-refractivity contribution < 1.29 is 31.5 Å². The number of aryl methyl sites for hydroxylation is 1. The molecule has 180 valence electrons. The predicted molar refractivity (Wildman–Crippen MR) is 115 cm³/mol. The van der Waals surface area contributed by atoms with Crippen LogP contribution in [0, 0.1) is 11.6 Å². The van der Waals surface area contributed by atoms with E-state index in [4.69, 9.17) is 4.74 Å². The number of rotatable bonds is 5. The molecule has 13 heteroatoms. The molecule has 2 heterocycles. The standard InChI is InChI=1S/C22H15F5N6O2/c1-33-10-12(9-30-33)19-18(24)20(29-11-28-19)35-15-5-6-16(23)17(8-15)32-21(34)31-14-4-2-3-13(7-14)22(25,26)27/h2-11H,1H3,(H2,31,32,34). The van der Waals surface area contributed by atoms with E-state index in [0.29, 0.717) is 5.56 Å². The monoisotopic (exact) mass is 490 g/mol. The van der Waals surface area contributed by atoms with E-state index in [1.165, 1.54) is 29.2 Å². The highest BCUT2D eigenvalue weighted by Crippen LogP contribution is 2.32. The zero-order chi connectivity index (χ0) is 25.2. The van der Waals surface area contributed by atoms with Crippen LogP contribution >= 0.6 is 0 Å². The summed E-state index contributed by atoms with van der Waals surface area (Å²) < 4.78 is 74.5. The molecular formula is C22H15F5N6O2. The lowest BCUT2D eigenvalue weighted by Crippen LogP contribution is -2.20. The fraction of sp³-hybridized carbons (Fsp3) is 0.0909. The van der Waals surface area contributed by atoms with Crippen molar-refractivity contribution in [2.24, 2.45) is 7.05 Å². The van der Waals surface area contributed by atoms with Crippen LogP contribution in [0.3, 0.4) is 0 Å². The predicted octanol–water partition coefficient (Wildman–Crippen LogP) is 5.61. The van der Waals surface area contributed by atoms with Crippen LogP contribution in [0.2, 0.25) is 0 Å². The summed E-state index contributed by atoms with van der Waals surface area (Å²) in [6, 6.07) is 6.11.